The third-order valence-electron chi connectivity index (χ3n) is 5.64. The highest BCUT2D eigenvalue weighted by Crippen LogP contribution is 2.28. The fraction of sp³-hybridized carbons (Fsp3) is 0.476. The maximum absolute atomic E-state index is 12.8. The van der Waals surface area contributed by atoms with E-state index in [0.29, 0.717) is 41.5 Å². The number of amides is 1. The fourth-order valence-electron chi connectivity index (χ4n) is 4.05. The van der Waals surface area contributed by atoms with Crippen molar-refractivity contribution in [1.82, 2.24) is 14.9 Å². The number of ether oxygens (including phenoxy) is 1. The van der Waals surface area contributed by atoms with Crippen molar-refractivity contribution in [1.29, 1.82) is 0 Å². The molecule has 1 atom stereocenters. The molecule has 1 aliphatic carbocycles. The number of carbonyl (C=O) groups is 2. The number of pyridine rings is 1. The van der Waals surface area contributed by atoms with Gasteiger partial charge in [0.25, 0.3) is 5.91 Å². The summed E-state index contributed by atoms with van der Waals surface area (Å²) in [4.78, 5) is 34.7. The molecule has 28 heavy (non-hydrogen) atoms. The van der Waals surface area contributed by atoms with Crippen LogP contribution in [0.2, 0.25) is 0 Å². The molecule has 4 rings (SSSR count). The number of ketones is 1. The number of aromatic nitrogens is 2. The monoisotopic (exact) mass is 382 g/mol. The minimum absolute atomic E-state index is 0.0250. The van der Waals surface area contributed by atoms with Gasteiger partial charge in [-0.05, 0) is 32.4 Å². The van der Waals surface area contributed by atoms with Crippen molar-refractivity contribution in [3.05, 3.63) is 41.5 Å². The number of Topliss-reactive ketones (excluding diaryl/α,β-unsaturated/α-hetero) is 1. The molecule has 0 aromatic carbocycles. The van der Waals surface area contributed by atoms with Crippen molar-refractivity contribution in [2.24, 2.45) is 5.92 Å². The van der Waals surface area contributed by atoms with Crippen molar-refractivity contribution in [2.75, 3.05) is 31.6 Å². The van der Waals surface area contributed by atoms with E-state index in [1.165, 1.54) is 0 Å². The molecule has 7 heteroatoms. The molecule has 3 heterocycles. The Labute approximate surface area is 164 Å². The van der Waals surface area contributed by atoms with Gasteiger partial charge in [-0.2, -0.15) is 0 Å². The number of fused-ring (bicyclic) bond motifs is 1. The second-order valence-electron chi connectivity index (χ2n) is 7.52. The molecule has 2 aliphatic rings. The third-order valence-corrected chi connectivity index (χ3v) is 5.64. The third kappa shape index (κ3) is 3.80. The van der Waals surface area contributed by atoms with Crippen LogP contribution in [0.25, 0.3) is 0 Å². The molecule has 2 aromatic heterocycles. The number of nitrogens with one attached hydrogen (secondary N) is 2. The van der Waals surface area contributed by atoms with Gasteiger partial charge in [-0.15, -0.1) is 0 Å². The predicted molar refractivity (Wildman–Crippen MR) is 106 cm³/mol. The van der Waals surface area contributed by atoms with Gasteiger partial charge < -0.3 is 19.9 Å². The van der Waals surface area contributed by atoms with Gasteiger partial charge in [-0.1, -0.05) is 6.92 Å². The van der Waals surface area contributed by atoms with E-state index in [2.05, 4.69) is 27.1 Å². The first-order valence-corrected chi connectivity index (χ1v) is 9.99. The Morgan fingerprint density at radius 2 is 2.32 bits per heavy atom. The van der Waals surface area contributed by atoms with E-state index in [0.717, 1.165) is 44.6 Å². The average Bonchev–Trinajstić information content (AvgIpc) is 3.35. The van der Waals surface area contributed by atoms with E-state index < -0.39 is 0 Å². The lowest BCUT2D eigenvalue weighted by molar-refractivity contribution is 0.0956. The van der Waals surface area contributed by atoms with Gasteiger partial charge in [0.15, 0.2) is 5.78 Å². The first kappa shape index (κ1) is 18.7. The van der Waals surface area contributed by atoms with E-state index in [9.17, 15) is 9.59 Å². The smallest absolute Gasteiger partial charge is 0.258 e. The molecular weight excluding hydrogens is 356 g/mol. The summed E-state index contributed by atoms with van der Waals surface area (Å²) in [5.41, 5.74) is 2.30. The van der Waals surface area contributed by atoms with E-state index in [1.54, 1.807) is 24.7 Å². The summed E-state index contributed by atoms with van der Waals surface area (Å²) in [6.45, 7) is 6.00. The predicted octanol–water partition coefficient (Wildman–Crippen LogP) is 2.90. The molecule has 7 nitrogen and oxygen atoms in total. The first-order chi connectivity index (χ1) is 13.7. The molecule has 0 saturated carbocycles. The highest BCUT2D eigenvalue weighted by atomic mass is 16.5. The summed E-state index contributed by atoms with van der Waals surface area (Å²) in [5.74, 6) is 0.806. The van der Waals surface area contributed by atoms with Gasteiger partial charge in [-0.25, -0.2) is 0 Å². The highest BCUT2D eigenvalue weighted by Gasteiger charge is 2.26. The number of carbonyl (C=O) groups excluding carboxylic acids is 2. The van der Waals surface area contributed by atoms with Crippen LogP contribution >= 0.6 is 0 Å². The molecule has 2 aromatic rings. The lowest BCUT2D eigenvalue weighted by Gasteiger charge is -2.16. The van der Waals surface area contributed by atoms with Crippen LogP contribution in [0.15, 0.2) is 24.7 Å². The lowest BCUT2D eigenvalue weighted by Crippen LogP contribution is -2.22. The molecule has 0 bridgehead atoms. The van der Waals surface area contributed by atoms with Crippen LogP contribution in [-0.4, -0.2) is 52.8 Å². The van der Waals surface area contributed by atoms with E-state index in [-0.39, 0.29) is 11.7 Å². The van der Waals surface area contributed by atoms with Crippen molar-refractivity contribution in [3.8, 4) is 5.75 Å². The van der Waals surface area contributed by atoms with Crippen molar-refractivity contribution in [3.63, 3.8) is 0 Å². The molecule has 2 N–H and O–H groups in total. The largest absolute Gasteiger partial charge is 0.491 e. The second-order valence-corrected chi connectivity index (χ2v) is 7.52. The Bertz CT molecular complexity index is 876. The fourth-order valence-corrected chi connectivity index (χ4v) is 4.05. The number of nitrogens with zero attached hydrogens (tertiary/aromatic N) is 2. The normalized spacial score (nSPS) is 19.5. The van der Waals surface area contributed by atoms with Crippen LogP contribution in [-0.2, 0) is 6.42 Å². The lowest BCUT2D eigenvalue weighted by atomic mass is 9.93. The maximum atomic E-state index is 12.8. The van der Waals surface area contributed by atoms with Crippen LogP contribution in [0.1, 0.15) is 52.6 Å². The minimum Gasteiger partial charge on any atom is -0.491 e. The van der Waals surface area contributed by atoms with Gasteiger partial charge in [0.1, 0.15) is 11.4 Å². The Kier molecular flexibility index (Phi) is 5.43. The van der Waals surface area contributed by atoms with Crippen molar-refractivity contribution >= 4 is 17.4 Å². The number of likely N-dealkylation sites (tertiary alicyclic amines) is 1. The molecule has 0 radical (unpaired) electrons. The van der Waals surface area contributed by atoms with Gasteiger partial charge >= 0.3 is 0 Å². The number of rotatable bonds is 6. The number of aromatic amines is 1. The zero-order valence-electron chi connectivity index (χ0n) is 16.2. The summed E-state index contributed by atoms with van der Waals surface area (Å²) < 4.78 is 6.01. The van der Waals surface area contributed by atoms with Gasteiger partial charge in [-0.3, -0.25) is 14.6 Å². The first-order valence-electron chi connectivity index (χ1n) is 9.99. The molecular formula is C21H26N4O3. The van der Waals surface area contributed by atoms with E-state index >= 15 is 0 Å². The summed E-state index contributed by atoms with van der Waals surface area (Å²) in [5, 5.41) is 2.87. The summed E-state index contributed by atoms with van der Waals surface area (Å²) in [7, 11) is 0. The SMILES string of the molecule is CCN1CCC(COc2ccncc2NC(=O)c2c[nH]c3c2C(=O)CCC3)C1. The molecule has 1 unspecified atom stereocenters. The quantitative estimate of drug-likeness (QED) is 0.802. The minimum atomic E-state index is -0.316. The van der Waals surface area contributed by atoms with Gasteiger partial charge in [0.2, 0.25) is 0 Å². The van der Waals surface area contributed by atoms with Gasteiger partial charge in [0, 0.05) is 43.0 Å². The van der Waals surface area contributed by atoms with E-state index in [1.807, 2.05) is 0 Å². The average molecular weight is 382 g/mol. The molecule has 148 valence electrons. The Morgan fingerprint density at radius 3 is 3.14 bits per heavy atom. The zero-order valence-corrected chi connectivity index (χ0v) is 16.2. The van der Waals surface area contributed by atoms with Crippen molar-refractivity contribution < 1.29 is 14.3 Å². The topological polar surface area (TPSA) is 87.3 Å². The van der Waals surface area contributed by atoms with Crippen LogP contribution in [0.5, 0.6) is 5.75 Å². The number of hydrogen-bond acceptors (Lipinski definition) is 5. The van der Waals surface area contributed by atoms with E-state index in [4.69, 9.17) is 4.74 Å². The standard InChI is InChI=1S/C21H26N4O3/c1-2-25-9-7-14(12-25)13-28-19-6-8-22-11-17(19)24-21(27)15-10-23-16-4-3-5-18(26)20(15)16/h6,8,10-11,14,23H,2-5,7,9,12-13H2,1H3,(H,24,27). The molecule has 1 fully saturated rings. The zero-order chi connectivity index (χ0) is 19.5. The number of H-pyrrole nitrogens is 1. The van der Waals surface area contributed by atoms with Crippen LogP contribution in [0.3, 0.4) is 0 Å². The second kappa shape index (κ2) is 8.14. The number of anilines is 1. The Hall–Kier alpha value is -2.67. The maximum Gasteiger partial charge on any atom is 0.258 e. The summed E-state index contributed by atoms with van der Waals surface area (Å²) >= 11 is 0. The highest BCUT2D eigenvalue weighted by molar-refractivity contribution is 6.13. The number of aryl methyl sites for hydroxylation is 1. The molecule has 0 spiro atoms. The molecule has 1 saturated heterocycles. The molecule has 1 amide bonds. The van der Waals surface area contributed by atoms with Crippen LogP contribution in [0, 0.1) is 5.92 Å². The molecule has 1 aliphatic heterocycles. The summed E-state index contributed by atoms with van der Waals surface area (Å²) in [6, 6.07) is 1.76. The Balaban J connectivity index is 1.45. The Morgan fingerprint density at radius 1 is 1.43 bits per heavy atom. The summed E-state index contributed by atoms with van der Waals surface area (Å²) in [6.07, 6.45) is 8.09. The van der Waals surface area contributed by atoms with Crippen molar-refractivity contribution in [2.45, 2.75) is 32.6 Å². The van der Waals surface area contributed by atoms with Gasteiger partial charge in [0.05, 0.1) is 23.9 Å². The van der Waals surface area contributed by atoms with Crippen LogP contribution < -0.4 is 10.1 Å². The van der Waals surface area contributed by atoms with Crippen LogP contribution in [0.4, 0.5) is 5.69 Å². The number of hydrogen-bond donors (Lipinski definition) is 2.